The highest BCUT2D eigenvalue weighted by Gasteiger charge is 2.39. The number of aliphatic hydroxyl groups excluding tert-OH is 1. The maximum atomic E-state index is 9.77. The van der Waals surface area contributed by atoms with E-state index in [1.165, 1.54) is 0 Å². The van der Waals surface area contributed by atoms with Gasteiger partial charge in [0, 0.05) is 32.2 Å². The fourth-order valence-electron chi connectivity index (χ4n) is 2.29. The van der Waals surface area contributed by atoms with E-state index in [-0.39, 0.29) is 12.1 Å². The predicted octanol–water partition coefficient (Wildman–Crippen LogP) is -1.22. The predicted molar refractivity (Wildman–Crippen MR) is 49.5 cm³/mol. The van der Waals surface area contributed by atoms with Crippen LogP contribution in [-0.4, -0.2) is 59.0 Å². The highest BCUT2D eigenvalue weighted by atomic mass is 16.3. The standard InChI is InChI=1S/C9H18N2O2/c1-9(13)2-3-11(6-9)7-4-10-5-8(7)12/h7-8,10,12-13H,2-6H2,1H3/t7-,8-,9?/m1/s1. The Bertz CT molecular complexity index is 196. The highest BCUT2D eigenvalue weighted by Crippen LogP contribution is 2.24. The summed E-state index contributed by atoms with van der Waals surface area (Å²) in [4.78, 5) is 2.19. The monoisotopic (exact) mass is 186 g/mol. The molecule has 0 spiro atoms. The van der Waals surface area contributed by atoms with Crippen molar-refractivity contribution < 1.29 is 10.2 Å². The molecule has 0 aliphatic carbocycles. The number of likely N-dealkylation sites (tertiary alicyclic amines) is 1. The summed E-state index contributed by atoms with van der Waals surface area (Å²) in [6.45, 7) is 4.98. The minimum atomic E-state index is -0.553. The van der Waals surface area contributed by atoms with Crippen molar-refractivity contribution in [3.63, 3.8) is 0 Å². The van der Waals surface area contributed by atoms with E-state index in [0.717, 1.165) is 19.5 Å². The molecule has 0 aromatic heterocycles. The number of rotatable bonds is 1. The Kier molecular flexibility index (Phi) is 2.32. The maximum Gasteiger partial charge on any atom is 0.0831 e. The Morgan fingerprint density at radius 3 is 2.69 bits per heavy atom. The van der Waals surface area contributed by atoms with Crippen molar-refractivity contribution >= 4 is 0 Å². The third kappa shape index (κ3) is 1.86. The Balaban J connectivity index is 1.95. The van der Waals surface area contributed by atoms with E-state index < -0.39 is 5.60 Å². The second kappa shape index (κ2) is 3.20. The average molecular weight is 186 g/mol. The first-order valence-electron chi connectivity index (χ1n) is 4.94. The van der Waals surface area contributed by atoms with Crippen LogP contribution in [0.5, 0.6) is 0 Å². The first kappa shape index (κ1) is 9.40. The van der Waals surface area contributed by atoms with Gasteiger partial charge in [0.2, 0.25) is 0 Å². The molecule has 2 heterocycles. The molecule has 1 unspecified atom stereocenters. The molecular weight excluding hydrogens is 168 g/mol. The van der Waals surface area contributed by atoms with Crippen LogP contribution in [0.15, 0.2) is 0 Å². The number of hydrogen-bond donors (Lipinski definition) is 3. The normalized spacial score (nSPS) is 47.3. The third-order valence-electron chi connectivity index (χ3n) is 3.10. The van der Waals surface area contributed by atoms with Gasteiger partial charge in [-0.3, -0.25) is 4.90 Å². The molecule has 2 aliphatic heterocycles. The van der Waals surface area contributed by atoms with Crippen LogP contribution < -0.4 is 5.32 Å². The zero-order valence-corrected chi connectivity index (χ0v) is 8.03. The van der Waals surface area contributed by atoms with Crippen LogP contribution in [0.1, 0.15) is 13.3 Å². The maximum absolute atomic E-state index is 9.77. The fraction of sp³-hybridized carbons (Fsp3) is 1.00. The van der Waals surface area contributed by atoms with Crippen LogP contribution in [0.3, 0.4) is 0 Å². The van der Waals surface area contributed by atoms with Crippen LogP contribution in [0, 0.1) is 0 Å². The van der Waals surface area contributed by atoms with Crippen molar-refractivity contribution in [2.75, 3.05) is 26.2 Å². The topological polar surface area (TPSA) is 55.7 Å². The molecule has 3 atom stereocenters. The molecule has 0 bridgehead atoms. The fourth-order valence-corrected chi connectivity index (χ4v) is 2.29. The van der Waals surface area contributed by atoms with Crippen molar-refractivity contribution in [1.29, 1.82) is 0 Å². The number of β-amino-alcohol motifs (C(OH)–C–C–N with tert-alkyl or cyclic N) is 2. The Morgan fingerprint density at radius 1 is 1.46 bits per heavy atom. The minimum Gasteiger partial charge on any atom is -0.390 e. The molecule has 2 rings (SSSR count). The van der Waals surface area contributed by atoms with E-state index in [9.17, 15) is 10.2 Å². The molecule has 0 saturated carbocycles. The Labute approximate surface area is 78.5 Å². The summed E-state index contributed by atoms with van der Waals surface area (Å²) >= 11 is 0. The summed E-state index contributed by atoms with van der Waals surface area (Å²) in [5, 5.41) is 22.6. The van der Waals surface area contributed by atoms with Crippen molar-refractivity contribution in [1.82, 2.24) is 10.2 Å². The Hall–Kier alpha value is -0.160. The first-order valence-corrected chi connectivity index (χ1v) is 4.94. The van der Waals surface area contributed by atoms with Gasteiger partial charge >= 0.3 is 0 Å². The smallest absolute Gasteiger partial charge is 0.0831 e. The minimum absolute atomic E-state index is 0.203. The van der Waals surface area contributed by atoms with Gasteiger partial charge < -0.3 is 15.5 Å². The van der Waals surface area contributed by atoms with Crippen molar-refractivity contribution in [3.8, 4) is 0 Å². The van der Waals surface area contributed by atoms with Gasteiger partial charge in [0.25, 0.3) is 0 Å². The third-order valence-corrected chi connectivity index (χ3v) is 3.10. The molecule has 0 aromatic rings. The molecule has 2 fully saturated rings. The molecule has 0 radical (unpaired) electrons. The lowest BCUT2D eigenvalue weighted by atomic mass is 10.1. The average Bonchev–Trinajstić information content (AvgIpc) is 2.56. The summed E-state index contributed by atoms with van der Waals surface area (Å²) in [6, 6.07) is 0.203. The number of aliphatic hydroxyl groups is 2. The first-order chi connectivity index (χ1) is 6.08. The number of hydrogen-bond acceptors (Lipinski definition) is 4. The van der Waals surface area contributed by atoms with Gasteiger partial charge in [-0.1, -0.05) is 0 Å². The van der Waals surface area contributed by atoms with Gasteiger partial charge in [0.1, 0.15) is 0 Å². The van der Waals surface area contributed by atoms with E-state index in [1.54, 1.807) is 0 Å². The van der Waals surface area contributed by atoms with E-state index in [4.69, 9.17) is 0 Å². The summed E-state index contributed by atoms with van der Waals surface area (Å²) in [5.41, 5.74) is -0.553. The molecule has 4 heteroatoms. The lowest BCUT2D eigenvalue weighted by Gasteiger charge is -2.26. The molecule has 4 nitrogen and oxygen atoms in total. The van der Waals surface area contributed by atoms with Crippen LogP contribution in [-0.2, 0) is 0 Å². The van der Waals surface area contributed by atoms with Gasteiger partial charge in [-0.05, 0) is 13.3 Å². The van der Waals surface area contributed by atoms with Crippen molar-refractivity contribution in [3.05, 3.63) is 0 Å². The molecule has 2 saturated heterocycles. The molecular formula is C9H18N2O2. The second-order valence-corrected chi connectivity index (χ2v) is 4.51. The SMILES string of the molecule is CC1(O)CCN([C@@H]2CNC[C@H]2O)C1. The van der Waals surface area contributed by atoms with E-state index in [0.29, 0.717) is 13.1 Å². The molecule has 13 heavy (non-hydrogen) atoms. The molecule has 76 valence electrons. The van der Waals surface area contributed by atoms with Gasteiger partial charge in [-0.15, -0.1) is 0 Å². The Morgan fingerprint density at radius 2 is 2.23 bits per heavy atom. The summed E-state index contributed by atoms with van der Waals surface area (Å²) < 4.78 is 0. The summed E-state index contributed by atoms with van der Waals surface area (Å²) in [6.07, 6.45) is 0.546. The lowest BCUT2D eigenvalue weighted by molar-refractivity contribution is 0.0460. The zero-order chi connectivity index (χ0) is 9.47. The second-order valence-electron chi connectivity index (χ2n) is 4.51. The lowest BCUT2D eigenvalue weighted by Crippen LogP contribution is -2.43. The van der Waals surface area contributed by atoms with E-state index in [1.807, 2.05) is 6.92 Å². The quantitative estimate of drug-likeness (QED) is 0.480. The van der Waals surface area contributed by atoms with Crippen LogP contribution in [0.2, 0.25) is 0 Å². The molecule has 2 aliphatic rings. The molecule has 3 N–H and O–H groups in total. The van der Waals surface area contributed by atoms with Crippen LogP contribution >= 0.6 is 0 Å². The van der Waals surface area contributed by atoms with Crippen molar-refractivity contribution in [2.24, 2.45) is 0 Å². The van der Waals surface area contributed by atoms with E-state index >= 15 is 0 Å². The van der Waals surface area contributed by atoms with Gasteiger partial charge in [0.05, 0.1) is 11.7 Å². The largest absolute Gasteiger partial charge is 0.390 e. The highest BCUT2D eigenvalue weighted by molar-refractivity contribution is 4.95. The molecule has 0 amide bonds. The van der Waals surface area contributed by atoms with Crippen LogP contribution in [0.4, 0.5) is 0 Å². The zero-order valence-electron chi connectivity index (χ0n) is 8.03. The van der Waals surface area contributed by atoms with E-state index in [2.05, 4.69) is 10.2 Å². The number of nitrogens with one attached hydrogen (secondary N) is 1. The molecule has 0 aromatic carbocycles. The van der Waals surface area contributed by atoms with Crippen molar-refractivity contribution in [2.45, 2.75) is 31.1 Å². The van der Waals surface area contributed by atoms with Gasteiger partial charge in [-0.25, -0.2) is 0 Å². The number of nitrogens with zero attached hydrogens (tertiary/aromatic N) is 1. The summed E-state index contributed by atoms with van der Waals surface area (Å²) in [5.74, 6) is 0. The van der Waals surface area contributed by atoms with Gasteiger partial charge in [0.15, 0.2) is 0 Å². The van der Waals surface area contributed by atoms with Gasteiger partial charge in [-0.2, -0.15) is 0 Å². The van der Waals surface area contributed by atoms with Crippen LogP contribution in [0.25, 0.3) is 0 Å². The summed E-state index contributed by atoms with van der Waals surface area (Å²) in [7, 11) is 0.